The molecule has 0 bridgehead atoms. The minimum atomic E-state index is 1.05. The van der Waals surface area contributed by atoms with Crippen LogP contribution in [0.3, 0.4) is 0 Å². The first kappa shape index (κ1) is 23.4. The predicted octanol–water partition coefficient (Wildman–Crippen LogP) is 7.17. The summed E-state index contributed by atoms with van der Waals surface area (Å²) in [7, 11) is 0. The molecule has 0 nitrogen and oxygen atoms in total. The van der Waals surface area contributed by atoms with Crippen molar-refractivity contribution in [3.8, 4) is 11.1 Å². The third kappa shape index (κ3) is 4.44. The van der Waals surface area contributed by atoms with Gasteiger partial charge in [-0.25, -0.2) is 0 Å². The maximum absolute atomic E-state index is 4.28. The van der Waals surface area contributed by atoms with Crippen LogP contribution in [0, 0.1) is 27.7 Å². The first-order chi connectivity index (χ1) is 13.5. The second kappa shape index (κ2) is 10.7. The van der Waals surface area contributed by atoms with Gasteiger partial charge in [0.1, 0.15) is 0 Å². The monoisotopic (exact) mass is 372 g/mol. The van der Waals surface area contributed by atoms with Crippen molar-refractivity contribution in [2.75, 3.05) is 0 Å². The molecule has 3 rings (SSSR count). The number of allylic oxidation sites excluding steroid dienone is 1. The second-order valence-corrected chi connectivity index (χ2v) is 6.58. The third-order valence-corrected chi connectivity index (χ3v) is 5.08. The predicted molar refractivity (Wildman–Crippen MR) is 130 cm³/mol. The van der Waals surface area contributed by atoms with Crippen LogP contribution in [0.5, 0.6) is 0 Å². The number of hydrogen-bond donors (Lipinski definition) is 0. The maximum Gasteiger partial charge on any atom is -0.00645 e. The average molecular weight is 373 g/mol. The van der Waals surface area contributed by atoms with E-state index >= 15 is 0 Å². The zero-order valence-corrected chi connectivity index (χ0v) is 19.0. The highest BCUT2D eigenvalue weighted by molar-refractivity contribution is 6.00. The molecule has 28 heavy (non-hydrogen) atoms. The lowest BCUT2D eigenvalue weighted by Crippen LogP contribution is -2.27. The molecule has 0 saturated heterocycles. The molecule has 0 unspecified atom stereocenters. The van der Waals surface area contributed by atoms with E-state index in [2.05, 4.69) is 83.3 Å². The van der Waals surface area contributed by atoms with E-state index in [0.717, 1.165) is 5.22 Å². The smallest absolute Gasteiger partial charge is 0.00645 e. The summed E-state index contributed by atoms with van der Waals surface area (Å²) < 4.78 is 0. The van der Waals surface area contributed by atoms with Crippen molar-refractivity contribution in [2.24, 2.45) is 0 Å². The van der Waals surface area contributed by atoms with Gasteiger partial charge in [-0.2, -0.15) is 0 Å². The fourth-order valence-corrected chi connectivity index (χ4v) is 3.55. The Balaban J connectivity index is 0.000000921. The van der Waals surface area contributed by atoms with E-state index in [0.29, 0.717) is 0 Å². The Kier molecular flexibility index (Phi) is 8.92. The van der Waals surface area contributed by atoms with E-state index in [1.165, 1.54) is 49.4 Å². The van der Waals surface area contributed by atoms with E-state index in [1.54, 1.807) is 0 Å². The van der Waals surface area contributed by atoms with Gasteiger partial charge in [-0.05, 0) is 82.3 Å². The lowest BCUT2D eigenvalue weighted by atomic mass is 9.86. The largest absolute Gasteiger partial charge is 0.0990 e. The highest BCUT2D eigenvalue weighted by atomic mass is 14.2. The summed E-state index contributed by atoms with van der Waals surface area (Å²) in [6.45, 7) is 25.0. The van der Waals surface area contributed by atoms with E-state index < -0.39 is 0 Å². The van der Waals surface area contributed by atoms with Crippen LogP contribution < -0.4 is 10.4 Å². The lowest BCUT2D eigenvalue weighted by molar-refractivity contribution is 1.28. The Morgan fingerprint density at radius 2 is 1.29 bits per heavy atom. The Bertz CT molecular complexity index is 1070. The molecule has 0 heterocycles. The summed E-state index contributed by atoms with van der Waals surface area (Å²) in [5.74, 6) is 0. The Hall–Kier alpha value is -2.60. The summed E-state index contributed by atoms with van der Waals surface area (Å²) in [6, 6.07) is 13.1. The van der Waals surface area contributed by atoms with E-state index in [-0.39, 0.29) is 0 Å². The van der Waals surface area contributed by atoms with Gasteiger partial charge in [-0.3, -0.25) is 0 Å². The van der Waals surface area contributed by atoms with Gasteiger partial charge in [-0.1, -0.05) is 89.4 Å². The number of rotatable bonds is 2. The van der Waals surface area contributed by atoms with Crippen molar-refractivity contribution in [2.45, 2.75) is 55.4 Å². The minimum Gasteiger partial charge on any atom is -0.0990 e. The molecule has 3 aromatic carbocycles. The molecule has 148 valence electrons. The standard InChI is InChI=1S/C24H24.2C2H6/c1-7-10-21-17(4)13-15(2)18(5)23(21)24-19(6)16(3)14-20-11-8-9-12-22(20)24;2*1-2/h7-14H,1,4H2,2-3,5-6H3;2*1-2H3/b21-10+;;. The minimum absolute atomic E-state index is 1.05. The van der Waals surface area contributed by atoms with Gasteiger partial charge in [0.15, 0.2) is 0 Å². The Morgan fingerprint density at radius 1 is 0.750 bits per heavy atom. The van der Waals surface area contributed by atoms with Crippen LogP contribution in [0.15, 0.2) is 49.1 Å². The molecule has 0 N–H and O–H groups in total. The van der Waals surface area contributed by atoms with Gasteiger partial charge in [0.2, 0.25) is 0 Å². The molecule has 0 aliphatic heterocycles. The van der Waals surface area contributed by atoms with Crippen molar-refractivity contribution < 1.29 is 0 Å². The normalized spacial score (nSPS) is 10.6. The molecule has 3 aromatic rings. The van der Waals surface area contributed by atoms with Crippen LogP contribution in [0.4, 0.5) is 0 Å². The molecule has 0 amide bonds. The molecular weight excluding hydrogens is 336 g/mol. The molecule has 0 radical (unpaired) electrons. The fourth-order valence-electron chi connectivity index (χ4n) is 3.55. The van der Waals surface area contributed by atoms with Crippen LogP contribution in [-0.2, 0) is 0 Å². The van der Waals surface area contributed by atoms with Crippen molar-refractivity contribution in [3.63, 3.8) is 0 Å². The van der Waals surface area contributed by atoms with Gasteiger partial charge < -0.3 is 0 Å². The molecule has 0 saturated carbocycles. The first-order valence-electron chi connectivity index (χ1n) is 10.4. The summed E-state index contributed by atoms with van der Waals surface area (Å²) in [5, 5.41) is 4.81. The lowest BCUT2D eigenvalue weighted by Gasteiger charge is -2.18. The zero-order valence-electron chi connectivity index (χ0n) is 19.0. The molecule has 0 aromatic heterocycles. The highest BCUT2D eigenvalue weighted by Gasteiger charge is 2.14. The summed E-state index contributed by atoms with van der Waals surface area (Å²) in [4.78, 5) is 0. The topological polar surface area (TPSA) is 0 Å². The quantitative estimate of drug-likeness (QED) is 0.447. The number of benzene rings is 3. The first-order valence-corrected chi connectivity index (χ1v) is 10.4. The Morgan fingerprint density at radius 3 is 1.89 bits per heavy atom. The molecule has 0 aliphatic rings. The average Bonchev–Trinajstić information content (AvgIpc) is 2.71. The highest BCUT2D eigenvalue weighted by Crippen LogP contribution is 2.34. The van der Waals surface area contributed by atoms with Gasteiger partial charge in [0, 0.05) is 0 Å². The van der Waals surface area contributed by atoms with Crippen molar-refractivity contribution in [1.29, 1.82) is 0 Å². The third-order valence-electron chi connectivity index (χ3n) is 5.08. The molecule has 0 aliphatic carbocycles. The molecule has 0 heteroatoms. The molecule has 0 fully saturated rings. The van der Waals surface area contributed by atoms with Crippen molar-refractivity contribution in [3.05, 3.63) is 81.7 Å². The van der Waals surface area contributed by atoms with E-state index in [1.807, 2.05) is 33.8 Å². The van der Waals surface area contributed by atoms with E-state index in [9.17, 15) is 0 Å². The van der Waals surface area contributed by atoms with E-state index in [4.69, 9.17) is 0 Å². The van der Waals surface area contributed by atoms with Gasteiger partial charge in [-0.15, -0.1) is 0 Å². The number of fused-ring (bicyclic) bond motifs is 1. The van der Waals surface area contributed by atoms with Crippen molar-refractivity contribution >= 4 is 23.4 Å². The Labute approximate surface area is 171 Å². The van der Waals surface area contributed by atoms with Crippen LogP contribution in [0.25, 0.3) is 34.6 Å². The van der Waals surface area contributed by atoms with Crippen LogP contribution in [0.1, 0.15) is 49.9 Å². The van der Waals surface area contributed by atoms with Crippen molar-refractivity contribution in [1.82, 2.24) is 0 Å². The van der Waals surface area contributed by atoms with Gasteiger partial charge in [0.25, 0.3) is 0 Å². The summed E-state index contributed by atoms with van der Waals surface area (Å²) in [6.07, 6.45) is 3.94. The second-order valence-electron chi connectivity index (χ2n) is 6.58. The van der Waals surface area contributed by atoms with Crippen LogP contribution >= 0.6 is 0 Å². The maximum atomic E-state index is 4.28. The fraction of sp³-hybridized carbons (Fsp3) is 0.286. The van der Waals surface area contributed by atoms with Gasteiger partial charge >= 0.3 is 0 Å². The molecular formula is C28H36. The zero-order chi connectivity index (χ0) is 21.4. The summed E-state index contributed by atoms with van der Waals surface area (Å²) >= 11 is 0. The number of hydrogen-bond acceptors (Lipinski definition) is 0. The van der Waals surface area contributed by atoms with Crippen LogP contribution in [0.2, 0.25) is 0 Å². The molecule has 0 atom stereocenters. The van der Waals surface area contributed by atoms with Gasteiger partial charge in [0.05, 0.1) is 0 Å². The number of aryl methyl sites for hydroxylation is 2. The SMILES string of the molecule is C=C/C=c1/c(-c2c(C)c(C)cc3ccccc23)c(C)c(C)cc1=C.CC.CC. The summed E-state index contributed by atoms with van der Waals surface area (Å²) in [5.41, 5.74) is 7.86. The van der Waals surface area contributed by atoms with Crippen LogP contribution in [-0.4, -0.2) is 0 Å². The molecule has 0 spiro atoms.